The molecule has 1 amide bonds. The molecule has 1 fully saturated rings. The summed E-state index contributed by atoms with van der Waals surface area (Å²) in [6.45, 7) is 5.83. The number of aromatic carboxylic acids is 1. The molecule has 1 aliphatic heterocycles. The second-order valence-electron chi connectivity index (χ2n) is 11.3. The highest BCUT2D eigenvalue weighted by atomic mass is 35.5. The van der Waals surface area contributed by atoms with Gasteiger partial charge in [-0.1, -0.05) is 75.7 Å². The van der Waals surface area contributed by atoms with Crippen molar-refractivity contribution in [1.82, 2.24) is 15.6 Å². The van der Waals surface area contributed by atoms with Crippen molar-refractivity contribution in [2.45, 2.75) is 64.6 Å². The number of carbonyl (C=O) groups excluding carboxylic acids is 1. The summed E-state index contributed by atoms with van der Waals surface area (Å²) >= 11 is 12.2. The van der Waals surface area contributed by atoms with Gasteiger partial charge < -0.3 is 15.7 Å². The SMILES string of the molecule is C.CC(C)(C)C[C@@H]1N[C@@H](C(=O)NCc2ccc(C(=O)O)nc2)[C@H](c2cccc(Cl)c2F)[C@@]1(C#N)c1ccc(Cl)cc1F. The first kappa shape index (κ1) is 32.9. The Kier molecular flexibility index (Phi) is 9.99. The van der Waals surface area contributed by atoms with Crippen molar-refractivity contribution in [2.75, 3.05) is 0 Å². The molecule has 1 saturated heterocycles. The van der Waals surface area contributed by atoms with Gasteiger partial charge in [-0.2, -0.15) is 5.26 Å². The van der Waals surface area contributed by atoms with Crippen LogP contribution in [0.15, 0.2) is 54.7 Å². The number of carbonyl (C=O) groups is 2. The molecule has 0 bridgehead atoms. The van der Waals surface area contributed by atoms with Gasteiger partial charge in [0, 0.05) is 35.3 Å². The Labute approximate surface area is 253 Å². The summed E-state index contributed by atoms with van der Waals surface area (Å²) in [5.74, 6) is -4.51. The smallest absolute Gasteiger partial charge is 0.354 e. The van der Waals surface area contributed by atoms with Crippen molar-refractivity contribution in [2.24, 2.45) is 5.41 Å². The monoisotopic (exact) mass is 616 g/mol. The van der Waals surface area contributed by atoms with Gasteiger partial charge in [0.1, 0.15) is 22.7 Å². The lowest BCUT2D eigenvalue weighted by atomic mass is 9.62. The standard InChI is InChI=1S/C30H28Cl2F2N4O3.CH4/c1-29(2,3)12-23-30(15-35,19-9-8-17(31)11-21(19)33)24(18-5-4-6-20(32)25(18)34)26(38-23)27(39)37-14-16-7-10-22(28(40)41)36-13-16;/h4-11,13,23-24,26,38H,12,14H2,1-3H3,(H,37,39)(H,40,41);1H4/t23-,24-,26+,30-;/m0./s1. The number of nitrogens with zero attached hydrogens (tertiary/aromatic N) is 2. The van der Waals surface area contributed by atoms with Crippen molar-refractivity contribution >= 4 is 35.1 Å². The summed E-state index contributed by atoms with van der Waals surface area (Å²) < 4.78 is 31.4. The molecule has 222 valence electrons. The maximum Gasteiger partial charge on any atom is 0.354 e. The number of rotatable bonds is 7. The maximum absolute atomic E-state index is 15.7. The molecule has 1 aliphatic rings. The molecule has 4 atom stereocenters. The Morgan fingerprint density at radius 3 is 2.45 bits per heavy atom. The number of nitriles is 1. The highest BCUT2D eigenvalue weighted by molar-refractivity contribution is 6.31. The number of pyridine rings is 1. The molecule has 3 N–H and O–H groups in total. The molecule has 0 aliphatic carbocycles. The van der Waals surface area contributed by atoms with Gasteiger partial charge in [0.25, 0.3) is 0 Å². The number of halogens is 4. The minimum Gasteiger partial charge on any atom is -0.477 e. The van der Waals surface area contributed by atoms with E-state index in [4.69, 9.17) is 28.3 Å². The molecule has 2 aromatic carbocycles. The third-order valence-corrected chi connectivity index (χ3v) is 7.77. The summed E-state index contributed by atoms with van der Waals surface area (Å²) in [6.07, 6.45) is 1.66. The van der Waals surface area contributed by atoms with E-state index >= 15 is 8.78 Å². The molecule has 7 nitrogen and oxygen atoms in total. The van der Waals surface area contributed by atoms with Crippen molar-refractivity contribution in [3.05, 3.63) is 98.8 Å². The third kappa shape index (κ3) is 6.41. The lowest BCUT2D eigenvalue weighted by Crippen LogP contribution is -2.45. The normalized spacial score (nSPS) is 21.7. The average molecular weight is 618 g/mol. The van der Waals surface area contributed by atoms with E-state index < -0.39 is 46.9 Å². The highest BCUT2D eigenvalue weighted by Gasteiger charge is 2.61. The fourth-order valence-electron chi connectivity index (χ4n) is 5.51. The van der Waals surface area contributed by atoms with E-state index in [-0.39, 0.29) is 46.3 Å². The number of hydrogen-bond donors (Lipinski definition) is 3. The van der Waals surface area contributed by atoms with Crippen LogP contribution in [0.2, 0.25) is 10.0 Å². The second kappa shape index (κ2) is 12.7. The predicted octanol–water partition coefficient (Wildman–Crippen LogP) is 6.64. The molecule has 0 saturated carbocycles. The van der Waals surface area contributed by atoms with Crippen LogP contribution in [0.25, 0.3) is 0 Å². The molecule has 3 aromatic rings. The summed E-state index contributed by atoms with van der Waals surface area (Å²) in [5.41, 5.74) is -1.76. The zero-order valence-electron chi connectivity index (χ0n) is 22.5. The van der Waals surface area contributed by atoms with Gasteiger partial charge >= 0.3 is 5.97 Å². The van der Waals surface area contributed by atoms with Crippen molar-refractivity contribution < 1.29 is 23.5 Å². The number of carboxylic acids is 1. The van der Waals surface area contributed by atoms with Crippen LogP contribution < -0.4 is 10.6 Å². The van der Waals surface area contributed by atoms with Crippen LogP contribution >= 0.6 is 23.2 Å². The van der Waals surface area contributed by atoms with Gasteiger partial charge in [-0.3, -0.25) is 4.79 Å². The van der Waals surface area contributed by atoms with Gasteiger partial charge in [0.15, 0.2) is 0 Å². The Bertz CT molecular complexity index is 1520. The Balaban J connectivity index is 0.00000484. The second-order valence-corrected chi connectivity index (χ2v) is 12.1. The maximum atomic E-state index is 15.7. The zero-order valence-corrected chi connectivity index (χ0v) is 24.0. The van der Waals surface area contributed by atoms with Gasteiger partial charge in [0.05, 0.1) is 17.1 Å². The van der Waals surface area contributed by atoms with E-state index in [1.165, 1.54) is 48.7 Å². The molecule has 0 unspecified atom stereocenters. The first-order valence-corrected chi connectivity index (χ1v) is 13.6. The van der Waals surface area contributed by atoms with Crippen LogP contribution in [0.4, 0.5) is 8.78 Å². The molecular formula is C31H32Cl2F2N4O3. The van der Waals surface area contributed by atoms with E-state index in [2.05, 4.69) is 21.7 Å². The molecule has 0 spiro atoms. The van der Waals surface area contributed by atoms with Crippen LogP contribution in [0.3, 0.4) is 0 Å². The topological polar surface area (TPSA) is 115 Å². The van der Waals surface area contributed by atoms with Gasteiger partial charge in [-0.15, -0.1) is 0 Å². The van der Waals surface area contributed by atoms with Crippen molar-refractivity contribution in [3.63, 3.8) is 0 Å². The van der Waals surface area contributed by atoms with E-state index in [1.54, 1.807) is 0 Å². The largest absolute Gasteiger partial charge is 0.477 e. The van der Waals surface area contributed by atoms with E-state index in [0.29, 0.717) is 12.0 Å². The molecule has 11 heteroatoms. The lowest BCUT2D eigenvalue weighted by molar-refractivity contribution is -0.123. The Morgan fingerprint density at radius 1 is 1.17 bits per heavy atom. The number of carboxylic acid groups (broad SMARTS) is 1. The fourth-order valence-corrected chi connectivity index (χ4v) is 5.85. The average Bonchev–Trinajstić information content (AvgIpc) is 3.22. The number of aromatic nitrogens is 1. The lowest BCUT2D eigenvalue weighted by Gasteiger charge is -2.37. The van der Waals surface area contributed by atoms with Gasteiger partial charge in [-0.05, 0) is 47.2 Å². The minimum absolute atomic E-state index is 0. The summed E-state index contributed by atoms with van der Waals surface area (Å²) in [6, 6.07) is 11.4. The fraction of sp³-hybridized carbons (Fsp3) is 0.355. The molecule has 42 heavy (non-hydrogen) atoms. The van der Waals surface area contributed by atoms with Gasteiger partial charge in [0.2, 0.25) is 5.91 Å². The molecule has 1 aromatic heterocycles. The number of benzene rings is 2. The van der Waals surface area contributed by atoms with Crippen LogP contribution in [-0.2, 0) is 16.8 Å². The first-order chi connectivity index (χ1) is 19.3. The molecule has 4 rings (SSSR count). The van der Waals surface area contributed by atoms with Crippen LogP contribution in [0.5, 0.6) is 0 Å². The van der Waals surface area contributed by atoms with E-state index in [9.17, 15) is 14.9 Å². The Morgan fingerprint density at radius 2 is 1.88 bits per heavy atom. The Hall–Kier alpha value is -3.58. The first-order valence-electron chi connectivity index (χ1n) is 12.8. The molecule has 2 heterocycles. The van der Waals surface area contributed by atoms with Crippen molar-refractivity contribution in [1.29, 1.82) is 5.26 Å². The van der Waals surface area contributed by atoms with E-state index in [0.717, 1.165) is 6.07 Å². The summed E-state index contributed by atoms with van der Waals surface area (Å²) in [4.78, 5) is 28.8. The quantitative estimate of drug-likeness (QED) is 0.274. The summed E-state index contributed by atoms with van der Waals surface area (Å²) in [7, 11) is 0. The van der Waals surface area contributed by atoms with Crippen LogP contribution in [-0.4, -0.2) is 34.1 Å². The summed E-state index contributed by atoms with van der Waals surface area (Å²) in [5, 5.41) is 25.9. The van der Waals surface area contributed by atoms with Crippen molar-refractivity contribution in [3.8, 4) is 6.07 Å². The molecular weight excluding hydrogens is 585 g/mol. The van der Waals surface area contributed by atoms with E-state index in [1.807, 2.05) is 20.8 Å². The molecule has 0 radical (unpaired) electrons. The number of amides is 1. The highest BCUT2D eigenvalue weighted by Crippen LogP contribution is 2.52. The predicted molar refractivity (Wildman–Crippen MR) is 157 cm³/mol. The van der Waals surface area contributed by atoms with Crippen LogP contribution in [0, 0.1) is 28.4 Å². The zero-order chi connectivity index (χ0) is 30.1. The number of nitrogens with one attached hydrogen (secondary N) is 2. The van der Waals surface area contributed by atoms with Gasteiger partial charge in [-0.25, -0.2) is 18.6 Å². The van der Waals surface area contributed by atoms with Crippen LogP contribution in [0.1, 0.15) is 67.7 Å². The third-order valence-electron chi connectivity index (χ3n) is 7.24. The number of hydrogen-bond acceptors (Lipinski definition) is 5. The minimum atomic E-state index is -1.74.